The Kier molecular flexibility index (Phi) is 3.82. The number of hydrogen-bond donors (Lipinski definition) is 0. The normalized spacial score (nSPS) is 12.7. The quantitative estimate of drug-likeness (QED) is 0.443. The topological polar surface area (TPSA) is 0 Å². The van der Waals surface area contributed by atoms with Crippen LogP contribution in [0.2, 0.25) is 19.1 Å². The summed E-state index contributed by atoms with van der Waals surface area (Å²) >= 11 is 6.12. The molecule has 0 bridgehead atoms. The number of hydrogen-bond acceptors (Lipinski definition) is 0. The van der Waals surface area contributed by atoms with E-state index in [1.807, 2.05) is 0 Å². The highest BCUT2D eigenvalue weighted by Gasteiger charge is 2.16. The standard InChI is InChI=1S/C7H17ClSi/c1-7(2)5-6-9(3,4)8/h7H,5-6H2,1-4H3. The molecule has 0 rings (SSSR count). The molecule has 0 radical (unpaired) electrons. The molecule has 0 aliphatic rings. The van der Waals surface area contributed by atoms with Crippen LogP contribution in [0.3, 0.4) is 0 Å². The van der Waals surface area contributed by atoms with Gasteiger partial charge in [0.1, 0.15) is 0 Å². The van der Waals surface area contributed by atoms with Crippen LogP contribution in [0.15, 0.2) is 0 Å². The summed E-state index contributed by atoms with van der Waals surface area (Å²) in [6.45, 7) is 8.90. The van der Waals surface area contributed by atoms with Crippen molar-refractivity contribution in [1.29, 1.82) is 0 Å². The van der Waals surface area contributed by atoms with Crippen LogP contribution in [-0.4, -0.2) is 7.38 Å². The average Bonchev–Trinajstić information content (AvgIpc) is 1.59. The van der Waals surface area contributed by atoms with Crippen LogP contribution in [-0.2, 0) is 0 Å². The zero-order chi connectivity index (χ0) is 7.49. The Labute approximate surface area is 64.3 Å². The maximum atomic E-state index is 6.12. The van der Waals surface area contributed by atoms with E-state index in [9.17, 15) is 0 Å². The first-order valence-corrected chi connectivity index (χ1v) is 7.82. The first-order valence-electron chi connectivity index (χ1n) is 3.61. The molecule has 0 aliphatic heterocycles. The maximum Gasteiger partial charge on any atom is 0.150 e. The third-order valence-electron chi connectivity index (χ3n) is 1.32. The average molecular weight is 165 g/mol. The van der Waals surface area contributed by atoms with Crippen molar-refractivity contribution in [2.24, 2.45) is 5.92 Å². The van der Waals surface area contributed by atoms with Crippen LogP contribution in [0.4, 0.5) is 0 Å². The van der Waals surface area contributed by atoms with Crippen molar-refractivity contribution >= 4 is 18.5 Å². The molecule has 2 heteroatoms. The molecule has 0 aliphatic carbocycles. The molecule has 0 unspecified atom stereocenters. The SMILES string of the molecule is CC(C)CC[Si](C)(C)Cl. The van der Waals surface area contributed by atoms with Crippen molar-refractivity contribution < 1.29 is 0 Å². The Bertz CT molecular complexity index is 73.5. The minimum atomic E-state index is -1.25. The largest absolute Gasteiger partial charge is 0.168 e. The molecule has 0 saturated carbocycles. The van der Waals surface area contributed by atoms with E-state index >= 15 is 0 Å². The van der Waals surface area contributed by atoms with Gasteiger partial charge in [0.05, 0.1) is 0 Å². The van der Waals surface area contributed by atoms with E-state index < -0.39 is 7.38 Å². The van der Waals surface area contributed by atoms with Crippen LogP contribution >= 0.6 is 11.1 Å². The molecule has 0 heterocycles. The van der Waals surface area contributed by atoms with Gasteiger partial charge in [-0.2, -0.15) is 11.1 Å². The molecule has 9 heavy (non-hydrogen) atoms. The lowest BCUT2D eigenvalue weighted by Gasteiger charge is -2.13. The van der Waals surface area contributed by atoms with Crippen molar-refractivity contribution in [2.75, 3.05) is 0 Å². The van der Waals surface area contributed by atoms with Crippen LogP contribution in [0.25, 0.3) is 0 Å². The fourth-order valence-corrected chi connectivity index (χ4v) is 2.22. The van der Waals surface area contributed by atoms with Crippen LogP contribution in [0.1, 0.15) is 20.3 Å². The number of rotatable bonds is 3. The maximum absolute atomic E-state index is 6.12. The summed E-state index contributed by atoms with van der Waals surface area (Å²) in [4.78, 5) is 0. The molecule has 0 atom stereocenters. The molecule has 0 amide bonds. The van der Waals surface area contributed by atoms with E-state index in [0.717, 1.165) is 5.92 Å². The molecule has 0 nitrogen and oxygen atoms in total. The lowest BCUT2D eigenvalue weighted by molar-refractivity contribution is 0.621. The van der Waals surface area contributed by atoms with Gasteiger partial charge in [-0.3, -0.25) is 0 Å². The molecule has 0 aromatic heterocycles. The second-order valence-electron chi connectivity index (χ2n) is 3.65. The van der Waals surface area contributed by atoms with Gasteiger partial charge in [0, 0.05) is 0 Å². The second-order valence-corrected chi connectivity index (χ2v) is 10.7. The predicted octanol–water partition coefficient (Wildman–Crippen LogP) is 3.48. The van der Waals surface area contributed by atoms with Crippen LogP contribution in [0.5, 0.6) is 0 Å². The van der Waals surface area contributed by atoms with Gasteiger partial charge in [-0.15, -0.1) is 0 Å². The molecule has 0 fully saturated rings. The minimum absolute atomic E-state index is 0.815. The van der Waals surface area contributed by atoms with Gasteiger partial charge in [0.25, 0.3) is 0 Å². The summed E-state index contributed by atoms with van der Waals surface area (Å²) in [6.07, 6.45) is 1.29. The molecule has 0 aromatic carbocycles. The van der Waals surface area contributed by atoms with E-state index in [1.165, 1.54) is 12.5 Å². The van der Waals surface area contributed by atoms with Gasteiger partial charge < -0.3 is 0 Å². The molecule has 0 N–H and O–H groups in total. The fraction of sp³-hybridized carbons (Fsp3) is 1.00. The summed E-state index contributed by atoms with van der Waals surface area (Å²) in [5.41, 5.74) is 0. The zero-order valence-electron chi connectivity index (χ0n) is 6.87. The van der Waals surface area contributed by atoms with Crippen molar-refractivity contribution in [3.8, 4) is 0 Å². The summed E-state index contributed by atoms with van der Waals surface area (Å²) in [5.74, 6) is 0.815. The third-order valence-corrected chi connectivity index (χ3v) is 3.36. The van der Waals surface area contributed by atoms with Gasteiger partial charge >= 0.3 is 0 Å². The van der Waals surface area contributed by atoms with Gasteiger partial charge in [-0.05, 0) is 12.0 Å². The molecule has 0 saturated heterocycles. The van der Waals surface area contributed by atoms with Gasteiger partial charge in [-0.25, -0.2) is 0 Å². The minimum Gasteiger partial charge on any atom is -0.168 e. The first-order chi connectivity index (χ1) is 3.92. The molecule has 56 valence electrons. The molecule has 0 aromatic rings. The molecular weight excluding hydrogens is 148 g/mol. The van der Waals surface area contributed by atoms with Gasteiger partial charge in [0.15, 0.2) is 7.38 Å². The summed E-state index contributed by atoms with van der Waals surface area (Å²) in [5, 5.41) is 0. The van der Waals surface area contributed by atoms with E-state index in [4.69, 9.17) is 11.1 Å². The van der Waals surface area contributed by atoms with Crippen LogP contribution < -0.4 is 0 Å². The van der Waals surface area contributed by atoms with E-state index in [2.05, 4.69) is 26.9 Å². The van der Waals surface area contributed by atoms with E-state index in [0.29, 0.717) is 0 Å². The third kappa shape index (κ3) is 8.51. The first kappa shape index (κ1) is 9.51. The smallest absolute Gasteiger partial charge is 0.150 e. The Morgan fingerprint density at radius 3 is 1.89 bits per heavy atom. The summed E-state index contributed by atoms with van der Waals surface area (Å²) in [6, 6.07) is 1.26. The van der Waals surface area contributed by atoms with Crippen molar-refractivity contribution in [2.45, 2.75) is 39.4 Å². The zero-order valence-corrected chi connectivity index (χ0v) is 8.63. The highest BCUT2D eigenvalue weighted by Crippen LogP contribution is 2.19. The Morgan fingerprint density at radius 1 is 1.33 bits per heavy atom. The van der Waals surface area contributed by atoms with Crippen molar-refractivity contribution in [3.05, 3.63) is 0 Å². The predicted molar refractivity (Wildman–Crippen MR) is 47.6 cm³/mol. The van der Waals surface area contributed by atoms with Gasteiger partial charge in [-0.1, -0.05) is 33.4 Å². The van der Waals surface area contributed by atoms with Crippen molar-refractivity contribution in [1.82, 2.24) is 0 Å². The van der Waals surface area contributed by atoms with E-state index in [1.54, 1.807) is 0 Å². The lowest BCUT2D eigenvalue weighted by Crippen LogP contribution is -2.16. The van der Waals surface area contributed by atoms with E-state index in [-0.39, 0.29) is 0 Å². The highest BCUT2D eigenvalue weighted by molar-refractivity contribution is 7.19. The Hall–Kier alpha value is 0.507. The molecule has 0 spiro atoms. The molecular formula is C7H17ClSi. The Morgan fingerprint density at radius 2 is 1.78 bits per heavy atom. The fourth-order valence-electron chi connectivity index (χ4n) is 0.632. The summed E-state index contributed by atoms with van der Waals surface area (Å²) < 4.78 is 0. The lowest BCUT2D eigenvalue weighted by atomic mass is 10.2. The van der Waals surface area contributed by atoms with Crippen LogP contribution in [0, 0.1) is 5.92 Å². The van der Waals surface area contributed by atoms with Crippen molar-refractivity contribution in [3.63, 3.8) is 0 Å². The van der Waals surface area contributed by atoms with Gasteiger partial charge in [0.2, 0.25) is 0 Å². The summed E-state index contributed by atoms with van der Waals surface area (Å²) in [7, 11) is -1.25. The number of halogens is 1. The Balaban J connectivity index is 3.28. The highest BCUT2D eigenvalue weighted by atomic mass is 35.6. The monoisotopic (exact) mass is 164 g/mol. The second kappa shape index (κ2) is 3.62.